The molecule has 2 N–H and O–H groups in total. The van der Waals surface area contributed by atoms with Crippen LogP contribution in [0.25, 0.3) is 0 Å². The zero-order valence-corrected chi connectivity index (χ0v) is 15.3. The Hall–Kier alpha value is -2.61. The minimum atomic E-state index is -0.194. The molecule has 0 spiro atoms. The fraction of sp³-hybridized carbons (Fsp3) is 0.500. The lowest BCUT2D eigenvalue weighted by Gasteiger charge is -2.30. The number of nitrogens with one attached hydrogen (secondary N) is 2. The zero-order chi connectivity index (χ0) is 19.1. The standard InChI is InChI=1S/C18H25N3O5/c1-12(22)19-14-4-5-16(25-2)15(10-14)20-17(23)11-21-8-6-13(7-9-21)18(24)26-3/h4-5,10,13H,6-9,11H2,1-3H3,(H,19,22)(H,20,23). The number of esters is 1. The van der Waals surface area contributed by atoms with Gasteiger partial charge in [0.1, 0.15) is 5.75 Å². The summed E-state index contributed by atoms with van der Waals surface area (Å²) in [7, 11) is 2.91. The van der Waals surface area contributed by atoms with Crippen LogP contribution in [0.3, 0.4) is 0 Å². The van der Waals surface area contributed by atoms with Gasteiger partial charge in [-0.3, -0.25) is 19.3 Å². The average Bonchev–Trinajstić information content (AvgIpc) is 2.61. The fourth-order valence-electron chi connectivity index (χ4n) is 2.97. The number of hydrogen-bond acceptors (Lipinski definition) is 6. The number of nitrogens with zero attached hydrogens (tertiary/aromatic N) is 1. The number of piperidine rings is 1. The SMILES string of the molecule is COC(=O)C1CCN(CC(=O)Nc2cc(NC(C)=O)ccc2OC)CC1. The van der Waals surface area contributed by atoms with E-state index in [9.17, 15) is 14.4 Å². The molecule has 8 heteroatoms. The molecular weight excluding hydrogens is 338 g/mol. The lowest BCUT2D eigenvalue weighted by atomic mass is 9.97. The highest BCUT2D eigenvalue weighted by molar-refractivity contribution is 5.95. The molecule has 142 valence electrons. The maximum absolute atomic E-state index is 12.4. The van der Waals surface area contributed by atoms with Crippen molar-refractivity contribution in [2.24, 2.45) is 5.92 Å². The number of benzene rings is 1. The van der Waals surface area contributed by atoms with Crippen molar-refractivity contribution in [3.8, 4) is 5.75 Å². The van der Waals surface area contributed by atoms with Crippen LogP contribution < -0.4 is 15.4 Å². The van der Waals surface area contributed by atoms with Crippen molar-refractivity contribution < 1.29 is 23.9 Å². The Labute approximate surface area is 152 Å². The fourth-order valence-corrected chi connectivity index (χ4v) is 2.97. The van der Waals surface area contributed by atoms with Crippen LogP contribution >= 0.6 is 0 Å². The summed E-state index contributed by atoms with van der Waals surface area (Å²) in [6.07, 6.45) is 1.36. The van der Waals surface area contributed by atoms with E-state index < -0.39 is 0 Å². The average molecular weight is 363 g/mol. The number of carbonyl (C=O) groups is 3. The Bertz CT molecular complexity index is 669. The van der Waals surface area contributed by atoms with Crippen LogP contribution in [0.4, 0.5) is 11.4 Å². The summed E-state index contributed by atoms with van der Waals surface area (Å²) < 4.78 is 10.0. The predicted octanol–water partition coefficient (Wildman–Crippen LogP) is 1.48. The third kappa shape index (κ3) is 5.45. The van der Waals surface area contributed by atoms with Gasteiger partial charge in [-0.1, -0.05) is 0 Å². The predicted molar refractivity (Wildman–Crippen MR) is 97.1 cm³/mol. The Morgan fingerprint density at radius 1 is 1.15 bits per heavy atom. The van der Waals surface area contributed by atoms with Gasteiger partial charge in [0.25, 0.3) is 0 Å². The van der Waals surface area contributed by atoms with Crippen LogP contribution in [0, 0.1) is 5.92 Å². The minimum Gasteiger partial charge on any atom is -0.495 e. The molecule has 1 fully saturated rings. The van der Waals surface area contributed by atoms with Gasteiger partial charge in [-0.2, -0.15) is 0 Å². The first-order valence-corrected chi connectivity index (χ1v) is 8.48. The monoisotopic (exact) mass is 363 g/mol. The first-order chi connectivity index (χ1) is 12.4. The van der Waals surface area contributed by atoms with Crippen LogP contribution in [0.2, 0.25) is 0 Å². The van der Waals surface area contributed by atoms with Gasteiger partial charge in [-0.05, 0) is 44.1 Å². The third-order valence-corrected chi connectivity index (χ3v) is 4.28. The summed E-state index contributed by atoms with van der Waals surface area (Å²) in [6.45, 7) is 2.97. The first kappa shape index (κ1) is 19.7. The Morgan fingerprint density at radius 3 is 2.42 bits per heavy atom. The van der Waals surface area contributed by atoms with Crippen molar-refractivity contribution in [3.05, 3.63) is 18.2 Å². The van der Waals surface area contributed by atoms with E-state index in [1.807, 2.05) is 4.90 Å². The number of methoxy groups -OCH3 is 2. The van der Waals surface area contributed by atoms with E-state index >= 15 is 0 Å². The molecule has 1 aliphatic rings. The van der Waals surface area contributed by atoms with E-state index in [2.05, 4.69) is 10.6 Å². The molecule has 8 nitrogen and oxygen atoms in total. The summed E-state index contributed by atoms with van der Waals surface area (Å²) >= 11 is 0. The van der Waals surface area contributed by atoms with Crippen LogP contribution in [-0.4, -0.2) is 56.5 Å². The molecule has 1 aromatic carbocycles. The molecule has 0 radical (unpaired) electrons. The molecule has 0 aromatic heterocycles. The molecule has 1 aromatic rings. The topological polar surface area (TPSA) is 97.0 Å². The van der Waals surface area contributed by atoms with Gasteiger partial charge in [-0.25, -0.2) is 0 Å². The Morgan fingerprint density at radius 2 is 1.85 bits per heavy atom. The molecule has 1 aliphatic heterocycles. The number of carbonyl (C=O) groups excluding carboxylic acids is 3. The summed E-state index contributed by atoms with van der Waals surface area (Å²) in [5.41, 5.74) is 1.07. The van der Waals surface area contributed by atoms with Crippen molar-refractivity contribution in [3.63, 3.8) is 0 Å². The van der Waals surface area contributed by atoms with Gasteiger partial charge in [0.05, 0.1) is 32.4 Å². The van der Waals surface area contributed by atoms with E-state index in [1.54, 1.807) is 18.2 Å². The molecule has 0 aliphatic carbocycles. The van der Waals surface area contributed by atoms with Gasteiger partial charge in [0.15, 0.2) is 0 Å². The quantitative estimate of drug-likeness (QED) is 0.743. The highest BCUT2D eigenvalue weighted by Gasteiger charge is 2.26. The molecule has 0 saturated carbocycles. The van der Waals surface area contributed by atoms with Gasteiger partial charge in [0, 0.05) is 12.6 Å². The van der Waals surface area contributed by atoms with Gasteiger partial charge < -0.3 is 20.1 Å². The zero-order valence-electron chi connectivity index (χ0n) is 15.3. The Kier molecular flexibility index (Phi) is 6.97. The van der Waals surface area contributed by atoms with Crippen LogP contribution in [0.1, 0.15) is 19.8 Å². The molecule has 2 amide bonds. The minimum absolute atomic E-state index is 0.0891. The van der Waals surface area contributed by atoms with Crippen molar-refractivity contribution >= 4 is 29.2 Å². The van der Waals surface area contributed by atoms with Crippen molar-refractivity contribution in [1.82, 2.24) is 4.90 Å². The summed E-state index contributed by atoms with van der Waals surface area (Å²) in [5, 5.41) is 5.49. The summed E-state index contributed by atoms with van der Waals surface area (Å²) in [5.74, 6) is -0.139. The maximum atomic E-state index is 12.4. The maximum Gasteiger partial charge on any atom is 0.308 e. The van der Waals surface area contributed by atoms with Crippen LogP contribution in [-0.2, 0) is 19.1 Å². The summed E-state index contributed by atoms with van der Waals surface area (Å²) in [6, 6.07) is 5.04. The normalized spacial score (nSPS) is 15.2. The molecule has 1 saturated heterocycles. The van der Waals surface area contributed by atoms with E-state index in [-0.39, 0.29) is 30.2 Å². The van der Waals surface area contributed by atoms with Gasteiger partial charge >= 0.3 is 5.97 Å². The van der Waals surface area contributed by atoms with E-state index in [0.717, 1.165) is 0 Å². The first-order valence-electron chi connectivity index (χ1n) is 8.48. The second-order valence-electron chi connectivity index (χ2n) is 6.22. The van der Waals surface area contributed by atoms with Crippen molar-refractivity contribution in [1.29, 1.82) is 0 Å². The number of likely N-dealkylation sites (tertiary alicyclic amines) is 1. The number of ether oxygens (including phenoxy) is 2. The van der Waals surface area contributed by atoms with Crippen LogP contribution in [0.5, 0.6) is 5.75 Å². The lowest BCUT2D eigenvalue weighted by molar-refractivity contribution is -0.147. The largest absolute Gasteiger partial charge is 0.495 e. The highest BCUT2D eigenvalue weighted by Crippen LogP contribution is 2.28. The number of amides is 2. The highest BCUT2D eigenvalue weighted by atomic mass is 16.5. The van der Waals surface area contributed by atoms with Crippen molar-refractivity contribution in [2.45, 2.75) is 19.8 Å². The Balaban J connectivity index is 1.93. The second kappa shape index (κ2) is 9.19. The van der Waals surface area contributed by atoms with Gasteiger partial charge in [-0.15, -0.1) is 0 Å². The third-order valence-electron chi connectivity index (χ3n) is 4.28. The van der Waals surface area contributed by atoms with E-state index in [1.165, 1.54) is 21.1 Å². The van der Waals surface area contributed by atoms with Crippen molar-refractivity contribution in [2.75, 3.05) is 44.5 Å². The van der Waals surface area contributed by atoms with Crippen LogP contribution in [0.15, 0.2) is 18.2 Å². The van der Waals surface area contributed by atoms with Gasteiger partial charge in [0.2, 0.25) is 11.8 Å². The molecule has 26 heavy (non-hydrogen) atoms. The molecule has 0 bridgehead atoms. The molecule has 0 unspecified atom stereocenters. The van der Waals surface area contributed by atoms with E-state index in [4.69, 9.17) is 9.47 Å². The summed E-state index contributed by atoms with van der Waals surface area (Å²) in [4.78, 5) is 37.1. The molecular formula is C18H25N3O5. The second-order valence-corrected chi connectivity index (χ2v) is 6.22. The smallest absolute Gasteiger partial charge is 0.308 e. The number of rotatable bonds is 6. The molecule has 0 atom stereocenters. The number of anilines is 2. The molecule has 1 heterocycles. The van der Waals surface area contributed by atoms with E-state index in [0.29, 0.717) is 43.1 Å². The number of hydrogen-bond donors (Lipinski definition) is 2. The molecule has 2 rings (SSSR count). The lowest BCUT2D eigenvalue weighted by Crippen LogP contribution is -2.41.